The van der Waals surface area contributed by atoms with Crippen LogP contribution in [0.3, 0.4) is 0 Å². The Balaban J connectivity index is 4.26. The zero-order chi connectivity index (χ0) is 24.6. The number of ether oxygens (including phenoxy) is 1. The molecule has 12 nitrogen and oxygen atoms in total. The number of methoxy groups -OCH3 is 1. The highest BCUT2D eigenvalue weighted by Crippen LogP contribution is 1.92. The molecular weight excluding hydrogens is 424 g/mol. The third-order valence-electron chi connectivity index (χ3n) is 5.31. The highest BCUT2D eigenvalue weighted by molar-refractivity contribution is 5.71. The van der Waals surface area contributed by atoms with Gasteiger partial charge in [0.25, 0.3) is 0 Å². The van der Waals surface area contributed by atoms with Crippen molar-refractivity contribution in [2.75, 3.05) is 131 Å². The molecule has 0 fully saturated rings. The van der Waals surface area contributed by atoms with Gasteiger partial charge in [-0.2, -0.15) is 0 Å². The van der Waals surface area contributed by atoms with Crippen LogP contribution in [0.4, 0.5) is 0 Å². The minimum Gasteiger partial charge on any atom is -0.468 e. The topological polar surface area (TPSA) is 176 Å². The fourth-order valence-electron chi connectivity index (χ4n) is 3.40. The number of rotatable bonds is 25. The van der Waals surface area contributed by atoms with E-state index < -0.39 is 0 Å². The van der Waals surface area contributed by atoms with Crippen molar-refractivity contribution in [1.82, 2.24) is 30.7 Å². The van der Waals surface area contributed by atoms with Gasteiger partial charge in [-0.15, -0.1) is 0 Å². The van der Waals surface area contributed by atoms with Gasteiger partial charge < -0.3 is 43.6 Å². The second-order valence-electron chi connectivity index (χ2n) is 7.93. The summed E-state index contributed by atoms with van der Waals surface area (Å²) in [6.07, 6.45) is 0. The predicted octanol–water partition coefficient (Wildman–Crippen LogP) is -4.33. The molecule has 0 atom stereocenters. The highest BCUT2D eigenvalue weighted by atomic mass is 16.5. The molecule has 0 saturated carbocycles. The van der Waals surface area contributed by atoms with E-state index in [4.69, 9.17) is 22.9 Å². The number of esters is 1. The molecule has 12 heteroatoms. The lowest BCUT2D eigenvalue weighted by atomic mass is 10.3. The van der Waals surface area contributed by atoms with Gasteiger partial charge >= 0.3 is 5.97 Å². The Morgan fingerprint density at radius 3 is 1.39 bits per heavy atom. The van der Waals surface area contributed by atoms with Gasteiger partial charge in [-0.1, -0.05) is 0 Å². The van der Waals surface area contributed by atoms with E-state index in [0.29, 0.717) is 26.2 Å². The molecule has 0 radical (unpaired) electrons. The molecule has 0 aliphatic carbocycles. The maximum Gasteiger partial charge on any atom is 0.319 e. The van der Waals surface area contributed by atoms with Gasteiger partial charge in [0.15, 0.2) is 0 Å². The van der Waals surface area contributed by atoms with Gasteiger partial charge in [-0.25, -0.2) is 0 Å². The first-order valence-corrected chi connectivity index (χ1v) is 12.3. The first-order chi connectivity index (χ1) is 16.1. The third kappa shape index (κ3) is 20.2. The number of nitrogens with zero attached hydrogens (tertiary/aromatic N) is 3. The highest BCUT2D eigenvalue weighted by Gasteiger charge is 2.09. The number of nitrogens with one attached hydrogen (secondary N) is 3. The van der Waals surface area contributed by atoms with E-state index in [9.17, 15) is 4.79 Å². The van der Waals surface area contributed by atoms with Crippen molar-refractivity contribution in [2.24, 2.45) is 22.9 Å². The van der Waals surface area contributed by atoms with Crippen molar-refractivity contribution in [1.29, 1.82) is 0 Å². The number of hydrogen-bond acceptors (Lipinski definition) is 12. The monoisotopic (exact) mass is 476 g/mol. The molecule has 0 aromatic carbocycles. The van der Waals surface area contributed by atoms with E-state index in [0.717, 1.165) is 91.6 Å². The average Bonchev–Trinajstić information content (AvgIpc) is 2.81. The zero-order valence-electron chi connectivity index (χ0n) is 20.9. The van der Waals surface area contributed by atoms with Crippen LogP contribution in [0.1, 0.15) is 0 Å². The maximum absolute atomic E-state index is 11.2. The fraction of sp³-hybridized carbons (Fsp3) is 0.952. The molecule has 0 aliphatic heterocycles. The molecule has 0 saturated heterocycles. The third-order valence-corrected chi connectivity index (χ3v) is 5.31. The summed E-state index contributed by atoms with van der Waals surface area (Å²) in [5.41, 5.74) is 22.8. The van der Waals surface area contributed by atoms with Crippen LogP contribution in [0.25, 0.3) is 0 Å². The first-order valence-electron chi connectivity index (χ1n) is 12.3. The Morgan fingerprint density at radius 2 is 0.970 bits per heavy atom. The Kier molecular flexibility index (Phi) is 23.5. The number of nitrogens with two attached hydrogens (primary N) is 4. The summed E-state index contributed by atoms with van der Waals surface area (Å²) in [5.74, 6) is -0.251. The van der Waals surface area contributed by atoms with Crippen molar-refractivity contribution in [2.45, 2.75) is 0 Å². The van der Waals surface area contributed by atoms with Crippen molar-refractivity contribution in [3.05, 3.63) is 0 Å². The van der Waals surface area contributed by atoms with Crippen LogP contribution >= 0.6 is 0 Å². The molecule has 0 amide bonds. The number of carbonyl (C=O) groups excluding carboxylic acids is 1. The molecule has 0 heterocycles. The van der Waals surface area contributed by atoms with Crippen LogP contribution in [0.2, 0.25) is 0 Å². The Bertz CT molecular complexity index is 428. The van der Waals surface area contributed by atoms with E-state index in [2.05, 4.69) is 35.4 Å². The standard InChI is InChI=1S/C21H52N10O2/c1-33-21(32)20-28-10-17-30(13-5-25)14-8-27-9-16-31(15-7-26-6-2-22)19-18-29(11-3-23)12-4-24/h26-28H,2-20,22-25H2,1H3. The van der Waals surface area contributed by atoms with Crippen LogP contribution in [0.5, 0.6) is 0 Å². The van der Waals surface area contributed by atoms with Crippen LogP contribution in [-0.2, 0) is 9.53 Å². The summed E-state index contributed by atoms with van der Waals surface area (Å²) < 4.78 is 4.63. The Morgan fingerprint density at radius 1 is 0.576 bits per heavy atom. The van der Waals surface area contributed by atoms with Gasteiger partial charge in [0.05, 0.1) is 13.7 Å². The molecule has 0 rings (SSSR count). The molecule has 0 aromatic rings. The zero-order valence-corrected chi connectivity index (χ0v) is 20.9. The van der Waals surface area contributed by atoms with Crippen molar-refractivity contribution in [3.8, 4) is 0 Å². The molecular formula is C21H52N10O2. The number of carbonyl (C=O) groups is 1. The summed E-state index contributed by atoms with van der Waals surface area (Å²) in [5, 5.41) is 10.0. The van der Waals surface area contributed by atoms with Crippen LogP contribution in [0, 0.1) is 0 Å². The summed E-state index contributed by atoms with van der Waals surface area (Å²) in [6, 6.07) is 0. The predicted molar refractivity (Wildman–Crippen MR) is 136 cm³/mol. The molecule has 0 aliphatic rings. The van der Waals surface area contributed by atoms with Crippen molar-refractivity contribution >= 4 is 5.97 Å². The lowest BCUT2D eigenvalue weighted by Crippen LogP contribution is -2.45. The van der Waals surface area contributed by atoms with Gasteiger partial charge in [-0.05, 0) is 0 Å². The van der Waals surface area contributed by atoms with Crippen LogP contribution < -0.4 is 38.9 Å². The lowest BCUT2D eigenvalue weighted by molar-refractivity contribution is -0.139. The Hall–Kier alpha value is -0.930. The van der Waals surface area contributed by atoms with E-state index >= 15 is 0 Å². The Labute approximate surface area is 201 Å². The molecule has 33 heavy (non-hydrogen) atoms. The van der Waals surface area contributed by atoms with Crippen LogP contribution in [0.15, 0.2) is 0 Å². The normalized spacial score (nSPS) is 11.8. The van der Waals surface area contributed by atoms with Crippen molar-refractivity contribution in [3.63, 3.8) is 0 Å². The largest absolute Gasteiger partial charge is 0.468 e. The van der Waals surface area contributed by atoms with Gasteiger partial charge in [0.1, 0.15) is 0 Å². The van der Waals surface area contributed by atoms with E-state index in [-0.39, 0.29) is 12.5 Å². The molecule has 0 unspecified atom stereocenters. The fourth-order valence-corrected chi connectivity index (χ4v) is 3.40. The van der Waals surface area contributed by atoms with Gasteiger partial charge in [0.2, 0.25) is 0 Å². The summed E-state index contributed by atoms with van der Waals surface area (Å²) in [4.78, 5) is 18.3. The van der Waals surface area contributed by atoms with E-state index in [1.165, 1.54) is 7.11 Å². The quantitative estimate of drug-likeness (QED) is 0.0499. The number of hydrogen-bond donors (Lipinski definition) is 7. The molecule has 0 bridgehead atoms. The van der Waals surface area contributed by atoms with E-state index in [1.807, 2.05) is 0 Å². The maximum atomic E-state index is 11.2. The smallest absolute Gasteiger partial charge is 0.319 e. The van der Waals surface area contributed by atoms with E-state index in [1.54, 1.807) is 0 Å². The minimum absolute atomic E-state index is 0.231. The molecule has 0 spiro atoms. The first kappa shape index (κ1) is 32.1. The van der Waals surface area contributed by atoms with Crippen LogP contribution in [-0.4, -0.2) is 152 Å². The molecule has 198 valence electrons. The lowest BCUT2D eigenvalue weighted by Gasteiger charge is -2.28. The molecule has 0 aromatic heterocycles. The van der Waals surface area contributed by atoms with Gasteiger partial charge in [-0.3, -0.25) is 19.5 Å². The second-order valence-corrected chi connectivity index (χ2v) is 7.93. The SMILES string of the molecule is COC(=O)CNCCN(CCN)CCNCCN(CCNCCN)CCN(CCN)CCN. The second kappa shape index (κ2) is 24.2. The van der Waals surface area contributed by atoms with Crippen molar-refractivity contribution < 1.29 is 9.53 Å². The minimum atomic E-state index is -0.251. The summed E-state index contributed by atoms with van der Waals surface area (Å²) >= 11 is 0. The average molecular weight is 477 g/mol. The summed E-state index contributed by atoms with van der Waals surface area (Å²) in [7, 11) is 1.39. The summed E-state index contributed by atoms with van der Waals surface area (Å²) in [6.45, 7) is 15.3. The molecule has 11 N–H and O–H groups in total. The van der Waals surface area contributed by atoms with Gasteiger partial charge in [0, 0.05) is 118 Å².